The normalized spacial score (nSPS) is 12.3. The van der Waals surface area contributed by atoms with Crippen molar-refractivity contribution in [1.82, 2.24) is 5.32 Å². The second-order valence-corrected chi connectivity index (χ2v) is 6.10. The molecule has 0 saturated carbocycles. The average molecular weight is 210 g/mol. The molecule has 0 aliphatic heterocycles. The molecular formula is C13H26N2. The fourth-order valence-electron chi connectivity index (χ4n) is 1.16. The summed E-state index contributed by atoms with van der Waals surface area (Å²) in [5.41, 5.74) is 7.68. The van der Waals surface area contributed by atoms with Crippen LogP contribution in [0.5, 0.6) is 0 Å². The van der Waals surface area contributed by atoms with Crippen molar-refractivity contribution in [2.24, 2.45) is 16.6 Å². The molecule has 0 spiro atoms. The Kier molecular flexibility index (Phi) is 4.44. The third-order valence-electron chi connectivity index (χ3n) is 2.39. The number of rotatable bonds is 5. The van der Waals surface area contributed by atoms with Crippen LogP contribution in [0.15, 0.2) is 24.6 Å². The van der Waals surface area contributed by atoms with E-state index < -0.39 is 0 Å². The van der Waals surface area contributed by atoms with Gasteiger partial charge in [-0.25, -0.2) is 0 Å². The lowest BCUT2D eigenvalue weighted by Crippen LogP contribution is -2.33. The molecule has 0 heterocycles. The van der Waals surface area contributed by atoms with E-state index in [0.717, 1.165) is 18.7 Å². The molecule has 2 nitrogen and oxygen atoms in total. The van der Waals surface area contributed by atoms with Gasteiger partial charge in [-0.05, 0) is 11.8 Å². The Balaban J connectivity index is 4.07. The predicted octanol–water partition coefficient (Wildman–Crippen LogP) is 3.02. The van der Waals surface area contributed by atoms with Crippen LogP contribution in [0.25, 0.3) is 0 Å². The van der Waals surface area contributed by atoms with Crippen LogP contribution in [0.4, 0.5) is 0 Å². The number of allylic oxidation sites excluding steroid dienone is 1. The summed E-state index contributed by atoms with van der Waals surface area (Å²) in [5.74, 6) is 0. The molecule has 0 atom stereocenters. The molecule has 0 aromatic heterocycles. The summed E-state index contributed by atoms with van der Waals surface area (Å²) < 4.78 is 0. The lowest BCUT2D eigenvalue weighted by Gasteiger charge is -2.28. The Hall–Kier alpha value is -0.920. The highest BCUT2D eigenvalue weighted by molar-refractivity contribution is 5.05. The molecule has 3 N–H and O–H groups in total. The Morgan fingerprint density at radius 3 is 1.93 bits per heavy atom. The summed E-state index contributed by atoms with van der Waals surface area (Å²) in [7, 11) is 0. The van der Waals surface area contributed by atoms with Gasteiger partial charge in [-0.2, -0.15) is 0 Å². The minimum atomic E-state index is -0.0825. The molecule has 0 fully saturated rings. The fourth-order valence-corrected chi connectivity index (χ4v) is 1.16. The van der Waals surface area contributed by atoms with Crippen LogP contribution >= 0.6 is 0 Å². The first-order valence-corrected chi connectivity index (χ1v) is 5.41. The molecule has 0 saturated heterocycles. The summed E-state index contributed by atoms with van der Waals surface area (Å²) in [6, 6.07) is 0. The van der Waals surface area contributed by atoms with E-state index in [-0.39, 0.29) is 10.8 Å². The van der Waals surface area contributed by atoms with Crippen molar-refractivity contribution in [2.75, 3.05) is 6.54 Å². The van der Waals surface area contributed by atoms with Crippen molar-refractivity contribution in [2.45, 2.75) is 41.0 Å². The molecular weight excluding hydrogens is 184 g/mol. The summed E-state index contributed by atoms with van der Waals surface area (Å²) in [5, 5.41) is 3.33. The van der Waals surface area contributed by atoms with Gasteiger partial charge in [0.15, 0.2) is 0 Å². The molecule has 0 rings (SSSR count). The zero-order chi connectivity index (χ0) is 12.3. The van der Waals surface area contributed by atoms with E-state index in [1.807, 2.05) is 0 Å². The monoisotopic (exact) mass is 210 g/mol. The number of nitrogens with one attached hydrogen (secondary N) is 1. The minimum absolute atomic E-state index is 0.0825. The minimum Gasteiger partial charge on any atom is -0.402 e. The van der Waals surface area contributed by atoms with Crippen molar-refractivity contribution in [1.29, 1.82) is 0 Å². The second-order valence-electron chi connectivity index (χ2n) is 6.10. The zero-order valence-corrected chi connectivity index (χ0v) is 10.9. The van der Waals surface area contributed by atoms with E-state index >= 15 is 0 Å². The zero-order valence-electron chi connectivity index (χ0n) is 10.9. The standard InChI is InChI=1S/C13H26N2/c1-10(8-12(3,4)5)15-9-13(6,7)11(2)14/h15H,1-2,8-9,14H2,3-7H3. The molecule has 0 unspecified atom stereocenters. The first kappa shape index (κ1) is 14.1. The van der Waals surface area contributed by atoms with Crippen LogP contribution in [-0.4, -0.2) is 6.54 Å². The maximum Gasteiger partial charge on any atom is 0.0249 e. The summed E-state index contributed by atoms with van der Waals surface area (Å²) in [6.45, 7) is 19.4. The van der Waals surface area contributed by atoms with Crippen molar-refractivity contribution in [3.05, 3.63) is 24.6 Å². The number of nitrogens with two attached hydrogens (primary N) is 1. The van der Waals surface area contributed by atoms with Crippen molar-refractivity contribution in [3.63, 3.8) is 0 Å². The molecule has 0 bridgehead atoms. The van der Waals surface area contributed by atoms with Crippen molar-refractivity contribution >= 4 is 0 Å². The number of hydrogen-bond donors (Lipinski definition) is 2. The van der Waals surface area contributed by atoms with Gasteiger partial charge >= 0.3 is 0 Å². The molecule has 0 aromatic rings. The highest BCUT2D eigenvalue weighted by Crippen LogP contribution is 2.24. The van der Waals surface area contributed by atoms with Gasteiger partial charge in [-0.1, -0.05) is 47.8 Å². The van der Waals surface area contributed by atoms with Crippen LogP contribution < -0.4 is 11.1 Å². The largest absolute Gasteiger partial charge is 0.402 e. The highest BCUT2D eigenvalue weighted by Gasteiger charge is 2.20. The fraction of sp³-hybridized carbons (Fsp3) is 0.692. The van der Waals surface area contributed by atoms with E-state index in [1.165, 1.54) is 0 Å². The lowest BCUT2D eigenvalue weighted by atomic mass is 9.88. The smallest absolute Gasteiger partial charge is 0.0249 e. The summed E-state index contributed by atoms with van der Waals surface area (Å²) in [6.07, 6.45) is 0.972. The Labute approximate surface area is 94.6 Å². The third kappa shape index (κ3) is 6.21. The van der Waals surface area contributed by atoms with E-state index in [9.17, 15) is 0 Å². The predicted molar refractivity (Wildman–Crippen MR) is 68.3 cm³/mol. The van der Waals surface area contributed by atoms with Crippen LogP contribution in [0, 0.1) is 10.8 Å². The van der Waals surface area contributed by atoms with Gasteiger partial charge in [0.1, 0.15) is 0 Å². The molecule has 0 aliphatic carbocycles. The highest BCUT2D eigenvalue weighted by atomic mass is 14.9. The summed E-state index contributed by atoms with van der Waals surface area (Å²) >= 11 is 0. The van der Waals surface area contributed by atoms with Crippen LogP contribution in [0.2, 0.25) is 0 Å². The molecule has 0 radical (unpaired) electrons. The van der Waals surface area contributed by atoms with Gasteiger partial charge in [0.05, 0.1) is 0 Å². The van der Waals surface area contributed by atoms with E-state index in [4.69, 9.17) is 5.73 Å². The quantitative estimate of drug-likeness (QED) is 0.732. The van der Waals surface area contributed by atoms with Gasteiger partial charge in [0.25, 0.3) is 0 Å². The SMILES string of the molecule is C=C(CC(C)(C)C)NCC(C)(C)C(=C)N. The van der Waals surface area contributed by atoms with Gasteiger partial charge in [-0.15, -0.1) is 0 Å². The van der Waals surface area contributed by atoms with E-state index in [1.54, 1.807) is 0 Å². The Morgan fingerprint density at radius 1 is 1.13 bits per heavy atom. The molecule has 15 heavy (non-hydrogen) atoms. The maximum atomic E-state index is 5.72. The Morgan fingerprint density at radius 2 is 1.60 bits per heavy atom. The summed E-state index contributed by atoms with van der Waals surface area (Å²) in [4.78, 5) is 0. The molecule has 88 valence electrons. The lowest BCUT2D eigenvalue weighted by molar-refractivity contribution is 0.375. The van der Waals surface area contributed by atoms with Crippen molar-refractivity contribution in [3.8, 4) is 0 Å². The van der Waals surface area contributed by atoms with Crippen LogP contribution in [-0.2, 0) is 0 Å². The second kappa shape index (κ2) is 4.73. The number of hydrogen-bond acceptors (Lipinski definition) is 2. The van der Waals surface area contributed by atoms with Gasteiger partial charge in [0, 0.05) is 23.4 Å². The van der Waals surface area contributed by atoms with Crippen LogP contribution in [0.1, 0.15) is 41.0 Å². The third-order valence-corrected chi connectivity index (χ3v) is 2.39. The molecule has 0 amide bonds. The Bertz CT molecular complexity index is 244. The van der Waals surface area contributed by atoms with Gasteiger partial charge in [-0.3, -0.25) is 0 Å². The molecule has 0 aliphatic rings. The van der Waals surface area contributed by atoms with E-state index in [0.29, 0.717) is 5.70 Å². The first-order valence-electron chi connectivity index (χ1n) is 5.41. The van der Waals surface area contributed by atoms with Gasteiger partial charge in [0.2, 0.25) is 0 Å². The topological polar surface area (TPSA) is 38.0 Å². The van der Waals surface area contributed by atoms with Gasteiger partial charge < -0.3 is 11.1 Å². The first-order chi connectivity index (χ1) is 6.54. The van der Waals surface area contributed by atoms with E-state index in [2.05, 4.69) is 53.1 Å². The van der Waals surface area contributed by atoms with Crippen LogP contribution in [0.3, 0.4) is 0 Å². The molecule has 2 heteroatoms. The maximum absolute atomic E-state index is 5.72. The average Bonchev–Trinajstić information content (AvgIpc) is 1.97. The van der Waals surface area contributed by atoms with Crippen molar-refractivity contribution < 1.29 is 0 Å². The molecule has 0 aromatic carbocycles.